The third-order valence-corrected chi connectivity index (χ3v) is 4.17. The second-order valence-electron chi connectivity index (χ2n) is 5.38. The molecule has 1 fully saturated rings. The molecule has 0 spiro atoms. The number of para-hydroxylation sites is 1. The molecule has 1 aliphatic heterocycles. The number of quaternary nitrogens is 1. The third kappa shape index (κ3) is 3.33. The molecule has 2 nitrogen and oxygen atoms in total. The van der Waals surface area contributed by atoms with Gasteiger partial charge in [-0.3, -0.25) is 0 Å². The van der Waals surface area contributed by atoms with E-state index in [0.717, 1.165) is 24.7 Å². The fraction of sp³-hybridized carbons (Fsp3) is 0.294. The van der Waals surface area contributed by atoms with E-state index in [-0.39, 0.29) is 0 Å². The van der Waals surface area contributed by atoms with Gasteiger partial charge in [0.1, 0.15) is 6.54 Å². The summed E-state index contributed by atoms with van der Waals surface area (Å²) >= 11 is 6.05. The number of hydrogen-bond donors (Lipinski definition) is 1. The average molecular weight is 288 g/mol. The molecule has 0 aliphatic carbocycles. The van der Waals surface area contributed by atoms with Crippen LogP contribution in [0.3, 0.4) is 0 Å². The minimum absolute atomic E-state index is 0.838. The minimum atomic E-state index is 0.838. The van der Waals surface area contributed by atoms with Crippen LogP contribution in [-0.4, -0.2) is 26.2 Å². The van der Waals surface area contributed by atoms with Crippen LogP contribution in [0.1, 0.15) is 5.56 Å². The van der Waals surface area contributed by atoms with E-state index in [1.165, 1.54) is 24.3 Å². The Kier molecular flexibility index (Phi) is 4.24. The molecule has 1 heterocycles. The maximum absolute atomic E-state index is 6.05. The maximum atomic E-state index is 6.05. The highest BCUT2D eigenvalue weighted by atomic mass is 35.5. The zero-order valence-electron chi connectivity index (χ0n) is 11.6. The molecule has 2 aromatic carbocycles. The van der Waals surface area contributed by atoms with Crippen molar-refractivity contribution in [1.82, 2.24) is 0 Å². The number of nitrogens with zero attached hydrogens (tertiary/aromatic N) is 1. The van der Waals surface area contributed by atoms with E-state index in [2.05, 4.69) is 47.4 Å². The van der Waals surface area contributed by atoms with E-state index >= 15 is 0 Å². The number of piperazine rings is 1. The quantitative estimate of drug-likeness (QED) is 0.910. The number of anilines is 1. The smallest absolute Gasteiger partial charge is 0.103 e. The first kappa shape index (κ1) is 13.5. The molecule has 3 heteroatoms. The van der Waals surface area contributed by atoms with Gasteiger partial charge in [-0.15, -0.1) is 0 Å². The van der Waals surface area contributed by atoms with E-state index in [9.17, 15) is 0 Å². The predicted octanol–water partition coefficient (Wildman–Crippen LogP) is 2.25. The largest absolute Gasteiger partial charge is 0.360 e. The van der Waals surface area contributed by atoms with Crippen molar-refractivity contribution in [1.29, 1.82) is 0 Å². The molecule has 0 aromatic heterocycles. The van der Waals surface area contributed by atoms with Crippen molar-refractivity contribution < 1.29 is 4.90 Å². The van der Waals surface area contributed by atoms with Crippen molar-refractivity contribution >= 4 is 17.3 Å². The molecule has 2 aromatic rings. The Bertz CT molecular complexity index is 548. The van der Waals surface area contributed by atoms with Gasteiger partial charge in [0.15, 0.2) is 0 Å². The van der Waals surface area contributed by atoms with Gasteiger partial charge in [-0.25, -0.2) is 0 Å². The topological polar surface area (TPSA) is 7.68 Å². The molecule has 0 radical (unpaired) electrons. The molecule has 0 atom stereocenters. The second kappa shape index (κ2) is 6.29. The number of hydrogen-bond acceptors (Lipinski definition) is 1. The molecule has 0 bridgehead atoms. The Morgan fingerprint density at radius 3 is 2.40 bits per heavy atom. The first-order chi connectivity index (χ1) is 9.81. The number of benzene rings is 2. The van der Waals surface area contributed by atoms with Crippen LogP contribution < -0.4 is 9.80 Å². The van der Waals surface area contributed by atoms with E-state index in [0.29, 0.717) is 0 Å². The molecular weight excluding hydrogens is 268 g/mol. The van der Waals surface area contributed by atoms with Crippen LogP contribution in [0.25, 0.3) is 0 Å². The Labute approximate surface area is 125 Å². The lowest BCUT2D eigenvalue weighted by Gasteiger charge is -2.33. The van der Waals surface area contributed by atoms with Gasteiger partial charge < -0.3 is 9.80 Å². The minimum Gasteiger partial charge on any atom is -0.360 e. The summed E-state index contributed by atoms with van der Waals surface area (Å²) in [6.45, 7) is 5.69. The monoisotopic (exact) mass is 287 g/mol. The summed E-state index contributed by atoms with van der Waals surface area (Å²) in [5.41, 5.74) is 2.68. The highest BCUT2D eigenvalue weighted by Crippen LogP contribution is 2.13. The third-order valence-electron chi connectivity index (χ3n) is 3.94. The van der Waals surface area contributed by atoms with Gasteiger partial charge in [0.05, 0.1) is 26.2 Å². The second-order valence-corrected chi connectivity index (χ2v) is 5.82. The Morgan fingerprint density at radius 1 is 0.950 bits per heavy atom. The summed E-state index contributed by atoms with van der Waals surface area (Å²) in [4.78, 5) is 4.11. The fourth-order valence-corrected chi connectivity index (χ4v) is 3.05. The van der Waals surface area contributed by atoms with Gasteiger partial charge in [0.2, 0.25) is 0 Å². The number of rotatable bonds is 3. The molecular formula is C17H20ClN2+. The van der Waals surface area contributed by atoms with Crippen LogP contribution >= 0.6 is 11.6 Å². The lowest BCUT2D eigenvalue weighted by molar-refractivity contribution is -0.914. The SMILES string of the molecule is Clc1cccc(C[NH+]2CCN(c3ccccc3)CC2)c1. The van der Waals surface area contributed by atoms with Gasteiger partial charge in [0, 0.05) is 16.3 Å². The highest BCUT2D eigenvalue weighted by molar-refractivity contribution is 6.30. The van der Waals surface area contributed by atoms with E-state index in [1.54, 1.807) is 4.90 Å². The Balaban J connectivity index is 1.56. The maximum Gasteiger partial charge on any atom is 0.103 e. The standard InChI is InChI=1S/C17H19ClN2/c18-16-6-4-5-15(13-16)14-19-9-11-20(12-10-19)17-7-2-1-3-8-17/h1-8,13H,9-12,14H2/p+1. The van der Waals surface area contributed by atoms with E-state index in [4.69, 9.17) is 11.6 Å². The molecule has 0 unspecified atom stereocenters. The molecule has 1 saturated heterocycles. The van der Waals surface area contributed by atoms with Crippen molar-refractivity contribution in [2.45, 2.75) is 6.54 Å². The summed E-state index contributed by atoms with van der Waals surface area (Å²) in [6, 6.07) is 18.9. The summed E-state index contributed by atoms with van der Waals surface area (Å²) in [6.07, 6.45) is 0. The first-order valence-electron chi connectivity index (χ1n) is 7.19. The lowest BCUT2D eigenvalue weighted by Crippen LogP contribution is -3.13. The summed E-state index contributed by atoms with van der Waals surface area (Å²) in [7, 11) is 0. The van der Waals surface area contributed by atoms with Crippen molar-refractivity contribution in [2.24, 2.45) is 0 Å². The Hall–Kier alpha value is -1.51. The molecule has 0 saturated carbocycles. The van der Waals surface area contributed by atoms with Crippen molar-refractivity contribution in [3.05, 3.63) is 65.2 Å². The van der Waals surface area contributed by atoms with E-state index < -0.39 is 0 Å². The van der Waals surface area contributed by atoms with Gasteiger partial charge in [-0.2, -0.15) is 0 Å². The van der Waals surface area contributed by atoms with Crippen molar-refractivity contribution in [3.63, 3.8) is 0 Å². The zero-order valence-corrected chi connectivity index (χ0v) is 12.3. The van der Waals surface area contributed by atoms with Crippen LogP contribution in [-0.2, 0) is 6.54 Å². The van der Waals surface area contributed by atoms with Gasteiger partial charge in [-0.1, -0.05) is 41.9 Å². The molecule has 0 amide bonds. The van der Waals surface area contributed by atoms with Gasteiger partial charge in [0.25, 0.3) is 0 Å². The number of halogens is 1. The lowest BCUT2D eigenvalue weighted by atomic mass is 10.2. The van der Waals surface area contributed by atoms with Gasteiger partial charge in [-0.05, 0) is 24.3 Å². The first-order valence-corrected chi connectivity index (χ1v) is 7.57. The van der Waals surface area contributed by atoms with Gasteiger partial charge >= 0.3 is 0 Å². The molecule has 1 aliphatic rings. The van der Waals surface area contributed by atoms with Crippen LogP contribution in [0.5, 0.6) is 0 Å². The fourth-order valence-electron chi connectivity index (χ4n) is 2.83. The summed E-state index contributed by atoms with van der Waals surface area (Å²) in [5, 5.41) is 0.838. The Morgan fingerprint density at radius 2 is 1.70 bits per heavy atom. The molecule has 3 rings (SSSR count). The molecule has 104 valence electrons. The summed E-state index contributed by atoms with van der Waals surface area (Å²) in [5.74, 6) is 0. The zero-order chi connectivity index (χ0) is 13.8. The van der Waals surface area contributed by atoms with Crippen molar-refractivity contribution in [3.8, 4) is 0 Å². The van der Waals surface area contributed by atoms with E-state index in [1.807, 2.05) is 12.1 Å². The predicted molar refractivity (Wildman–Crippen MR) is 84.5 cm³/mol. The highest BCUT2D eigenvalue weighted by Gasteiger charge is 2.20. The molecule has 20 heavy (non-hydrogen) atoms. The van der Waals surface area contributed by atoms with Crippen molar-refractivity contribution in [2.75, 3.05) is 31.1 Å². The normalized spacial score (nSPS) is 16.4. The van der Waals surface area contributed by atoms with Crippen LogP contribution in [0.4, 0.5) is 5.69 Å². The summed E-state index contributed by atoms with van der Waals surface area (Å²) < 4.78 is 0. The van der Waals surface area contributed by atoms with Crippen LogP contribution in [0, 0.1) is 0 Å². The average Bonchev–Trinajstić information content (AvgIpc) is 2.49. The van der Waals surface area contributed by atoms with Crippen LogP contribution in [0.2, 0.25) is 5.02 Å². The number of nitrogens with one attached hydrogen (secondary N) is 1. The van der Waals surface area contributed by atoms with Crippen LogP contribution in [0.15, 0.2) is 54.6 Å². The molecule has 1 N–H and O–H groups in total.